The number of carboxylic acid groups (broad SMARTS) is 1. The first-order chi connectivity index (χ1) is 4.29. The molecule has 1 unspecified atom stereocenters. The zero-order valence-electron chi connectivity index (χ0n) is 4.70. The molecule has 0 aromatic heterocycles. The molecule has 1 aliphatic heterocycles. The van der Waals surface area contributed by atoms with Gasteiger partial charge in [-0.2, -0.15) is 0 Å². The zero-order valence-corrected chi connectivity index (χ0v) is 5.52. The van der Waals surface area contributed by atoms with Gasteiger partial charge in [-0.15, -0.1) is 11.8 Å². The van der Waals surface area contributed by atoms with Crippen molar-refractivity contribution in [1.82, 2.24) is 0 Å². The highest BCUT2D eigenvalue weighted by atomic mass is 32.2. The number of nitrogens with zero attached hydrogens (tertiary/aromatic N) is 1. The monoisotopic (exact) mass is 144 g/mol. The van der Waals surface area contributed by atoms with Crippen LogP contribution in [0.15, 0.2) is 4.99 Å². The Hall–Kier alpha value is -0.510. The lowest BCUT2D eigenvalue weighted by atomic mass is 10.2. The van der Waals surface area contributed by atoms with Crippen molar-refractivity contribution >= 4 is 23.3 Å². The Morgan fingerprint density at radius 2 is 2.78 bits per heavy atom. The third kappa shape index (κ3) is 2.05. The number of thioether (sulfide) groups is 1. The minimum absolute atomic E-state index is 0.0347. The van der Waals surface area contributed by atoms with Crippen molar-refractivity contribution in [3.63, 3.8) is 0 Å². The van der Waals surface area contributed by atoms with Crippen molar-refractivity contribution in [3.8, 4) is 0 Å². The molecule has 1 aliphatic rings. The van der Waals surface area contributed by atoms with E-state index in [2.05, 4.69) is 10.5 Å². The molecule has 0 aliphatic carbocycles. The zero-order chi connectivity index (χ0) is 6.69. The van der Waals surface area contributed by atoms with Crippen molar-refractivity contribution in [2.45, 2.75) is 12.5 Å². The third-order valence-electron chi connectivity index (χ3n) is 0.986. The second-order valence-electron chi connectivity index (χ2n) is 1.78. The van der Waals surface area contributed by atoms with Crippen molar-refractivity contribution in [3.05, 3.63) is 0 Å². The largest absolute Gasteiger partial charge is 0.481 e. The van der Waals surface area contributed by atoms with Gasteiger partial charge in [0.25, 0.3) is 0 Å². The van der Waals surface area contributed by atoms with E-state index in [1.54, 1.807) is 0 Å². The maximum Gasteiger partial charge on any atom is 0.305 e. The molecule has 1 rings (SSSR count). The molecule has 4 heteroatoms. The van der Waals surface area contributed by atoms with Crippen molar-refractivity contribution in [2.75, 3.05) is 5.75 Å². The van der Waals surface area contributed by atoms with E-state index in [1.165, 1.54) is 11.8 Å². The molecular formula is C5H6NO2S. The highest BCUT2D eigenvalue weighted by Crippen LogP contribution is 2.13. The van der Waals surface area contributed by atoms with Crippen molar-refractivity contribution < 1.29 is 9.90 Å². The third-order valence-corrected chi connectivity index (χ3v) is 1.77. The standard InChI is InChI=1S/C5H6NO2S/c7-5(8)1-4-2-9-3-6-4/h4H,1-2H2,(H,7,8). The summed E-state index contributed by atoms with van der Waals surface area (Å²) in [4.78, 5) is 13.9. The molecule has 49 valence electrons. The summed E-state index contributed by atoms with van der Waals surface area (Å²) in [6.07, 6.45) is 0.139. The van der Waals surface area contributed by atoms with Crippen LogP contribution in [-0.4, -0.2) is 28.4 Å². The highest BCUT2D eigenvalue weighted by molar-refractivity contribution is 8.12. The molecule has 3 nitrogen and oxygen atoms in total. The molecule has 0 fully saturated rings. The van der Waals surface area contributed by atoms with E-state index < -0.39 is 5.97 Å². The van der Waals surface area contributed by atoms with E-state index in [1.807, 2.05) is 0 Å². The summed E-state index contributed by atoms with van der Waals surface area (Å²) >= 11 is 1.44. The summed E-state index contributed by atoms with van der Waals surface area (Å²) in [5, 5.41) is 8.28. The van der Waals surface area contributed by atoms with E-state index in [9.17, 15) is 4.79 Å². The van der Waals surface area contributed by atoms with E-state index >= 15 is 0 Å². The minimum atomic E-state index is -0.784. The number of aliphatic imine (C=N–C) groups is 1. The number of carboxylic acids is 1. The highest BCUT2D eigenvalue weighted by Gasteiger charge is 2.14. The summed E-state index contributed by atoms with van der Waals surface area (Å²) in [5.41, 5.74) is 2.66. The number of aliphatic carboxylic acids is 1. The maximum atomic E-state index is 10.1. The van der Waals surface area contributed by atoms with Gasteiger partial charge in [-0.25, -0.2) is 0 Å². The SMILES string of the molecule is O=C(O)CC1CS[C]=N1. The van der Waals surface area contributed by atoms with Crippen LogP contribution in [0.25, 0.3) is 0 Å². The normalized spacial score (nSPS) is 24.7. The predicted octanol–water partition coefficient (Wildman–Crippen LogP) is 0.482. The molecule has 1 atom stereocenters. The second-order valence-corrected chi connectivity index (χ2v) is 2.59. The molecular weight excluding hydrogens is 138 g/mol. The van der Waals surface area contributed by atoms with Crippen molar-refractivity contribution in [2.24, 2.45) is 4.99 Å². The summed E-state index contributed by atoms with van der Waals surface area (Å²) in [6, 6.07) is -0.0347. The minimum Gasteiger partial charge on any atom is -0.481 e. The fourth-order valence-electron chi connectivity index (χ4n) is 0.589. The average Bonchev–Trinajstić information content (AvgIpc) is 2.15. The van der Waals surface area contributed by atoms with Crippen LogP contribution in [0, 0.1) is 0 Å². The van der Waals surface area contributed by atoms with Crippen LogP contribution in [0.1, 0.15) is 6.42 Å². The van der Waals surface area contributed by atoms with Crippen molar-refractivity contribution in [1.29, 1.82) is 0 Å². The Balaban J connectivity index is 2.28. The van der Waals surface area contributed by atoms with Crippen LogP contribution >= 0.6 is 11.8 Å². The quantitative estimate of drug-likeness (QED) is 0.613. The molecule has 9 heavy (non-hydrogen) atoms. The van der Waals surface area contributed by atoms with E-state index in [-0.39, 0.29) is 12.5 Å². The second kappa shape index (κ2) is 2.87. The first kappa shape index (κ1) is 6.61. The van der Waals surface area contributed by atoms with Crippen LogP contribution in [0.5, 0.6) is 0 Å². The number of rotatable bonds is 2. The van der Waals surface area contributed by atoms with E-state index in [0.717, 1.165) is 5.75 Å². The maximum absolute atomic E-state index is 10.1. The molecule has 0 saturated carbocycles. The molecule has 1 heterocycles. The Bertz CT molecular complexity index is 146. The fraction of sp³-hybridized carbons (Fsp3) is 0.600. The fourth-order valence-corrected chi connectivity index (χ4v) is 1.27. The Morgan fingerprint density at radius 1 is 2.00 bits per heavy atom. The number of carbonyl (C=O) groups is 1. The summed E-state index contributed by atoms with van der Waals surface area (Å²) in [6.45, 7) is 0. The van der Waals surface area contributed by atoms with Crippen LogP contribution in [-0.2, 0) is 4.79 Å². The Morgan fingerprint density at radius 3 is 3.22 bits per heavy atom. The molecule has 0 aromatic carbocycles. The molecule has 0 bridgehead atoms. The number of hydrogen-bond donors (Lipinski definition) is 1. The van der Waals surface area contributed by atoms with Gasteiger partial charge in [0.1, 0.15) is 5.55 Å². The Kier molecular flexibility index (Phi) is 2.10. The molecule has 0 amide bonds. The number of hydrogen-bond acceptors (Lipinski definition) is 3. The van der Waals surface area contributed by atoms with Gasteiger partial charge in [-0.3, -0.25) is 9.79 Å². The molecule has 1 N–H and O–H groups in total. The first-order valence-corrected chi connectivity index (χ1v) is 3.56. The van der Waals surface area contributed by atoms with Gasteiger partial charge in [0.15, 0.2) is 0 Å². The smallest absolute Gasteiger partial charge is 0.305 e. The lowest BCUT2D eigenvalue weighted by molar-refractivity contribution is -0.137. The van der Waals surface area contributed by atoms with Gasteiger partial charge >= 0.3 is 5.97 Å². The van der Waals surface area contributed by atoms with Gasteiger partial charge in [0, 0.05) is 5.75 Å². The van der Waals surface area contributed by atoms with Gasteiger partial charge < -0.3 is 5.11 Å². The molecule has 0 saturated heterocycles. The summed E-state index contributed by atoms with van der Waals surface area (Å²) in [7, 11) is 0. The molecule has 1 radical (unpaired) electrons. The predicted molar refractivity (Wildman–Crippen MR) is 35.9 cm³/mol. The van der Waals surface area contributed by atoms with Gasteiger partial charge in [-0.1, -0.05) is 0 Å². The lowest BCUT2D eigenvalue weighted by Crippen LogP contribution is -2.10. The first-order valence-electron chi connectivity index (χ1n) is 2.57. The average molecular weight is 144 g/mol. The van der Waals surface area contributed by atoms with Crippen LogP contribution < -0.4 is 0 Å². The van der Waals surface area contributed by atoms with Gasteiger partial charge in [-0.05, 0) is 0 Å². The lowest BCUT2D eigenvalue weighted by Gasteiger charge is -1.97. The van der Waals surface area contributed by atoms with Crippen LogP contribution in [0.4, 0.5) is 0 Å². The van der Waals surface area contributed by atoms with Gasteiger partial charge in [0.2, 0.25) is 0 Å². The summed E-state index contributed by atoms with van der Waals surface area (Å²) < 4.78 is 0. The molecule has 0 aromatic rings. The van der Waals surface area contributed by atoms with Gasteiger partial charge in [0.05, 0.1) is 12.5 Å². The topological polar surface area (TPSA) is 49.7 Å². The Labute approximate surface area is 57.2 Å². The van der Waals surface area contributed by atoms with E-state index in [4.69, 9.17) is 5.11 Å². The van der Waals surface area contributed by atoms with Crippen LogP contribution in [0.3, 0.4) is 0 Å². The van der Waals surface area contributed by atoms with Crippen LogP contribution in [0.2, 0.25) is 0 Å². The molecule has 0 spiro atoms. The van der Waals surface area contributed by atoms with E-state index in [0.29, 0.717) is 0 Å². The summed E-state index contributed by atoms with van der Waals surface area (Å²) in [5.74, 6) is -0.0141.